The fourth-order valence-electron chi connectivity index (χ4n) is 4.17. The van der Waals surface area contributed by atoms with Gasteiger partial charge in [0.2, 0.25) is 5.82 Å². The molecule has 2 nitrogen and oxygen atoms in total. The highest BCUT2D eigenvalue weighted by molar-refractivity contribution is 5.65. The van der Waals surface area contributed by atoms with Gasteiger partial charge in [0, 0.05) is 25.2 Å². The van der Waals surface area contributed by atoms with Crippen LogP contribution in [0.4, 0.5) is 8.78 Å². The Kier molecular flexibility index (Phi) is 8.48. The molecule has 29 heavy (non-hydrogen) atoms. The van der Waals surface area contributed by atoms with Crippen LogP contribution in [0.15, 0.2) is 42.5 Å². The molecule has 4 heteroatoms. The summed E-state index contributed by atoms with van der Waals surface area (Å²) >= 11 is 0. The van der Waals surface area contributed by atoms with E-state index in [9.17, 15) is 8.78 Å². The number of hydrogen-bond donors (Lipinski definition) is 0. The minimum absolute atomic E-state index is 0.0450. The average molecular weight is 403 g/mol. The van der Waals surface area contributed by atoms with Gasteiger partial charge in [0.25, 0.3) is 0 Å². The largest absolute Gasteiger partial charge is 0.490 e. The average Bonchev–Trinajstić information content (AvgIpc) is 2.75. The van der Waals surface area contributed by atoms with E-state index in [1.54, 1.807) is 30.3 Å². The Labute approximate surface area is 173 Å². The summed E-state index contributed by atoms with van der Waals surface area (Å²) in [6.07, 6.45) is 8.48. The van der Waals surface area contributed by atoms with Crippen molar-refractivity contribution in [2.45, 2.75) is 51.9 Å². The van der Waals surface area contributed by atoms with Gasteiger partial charge in [0.1, 0.15) is 0 Å². The quantitative estimate of drug-likeness (QED) is 0.397. The summed E-state index contributed by atoms with van der Waals surface area (Å²) in [5.74, 6) is -0.273. The zero-order valence-corrected chi connectivity index (χ0v) is 17.3. The van der Waals surface area contributed by atoms with Crippen LogP contribution in [0.1, 0.15) is 51.9 Å². The zero-order valence-electron chi connectivity index (χ0n) is 17.3. The molecule has 0 atom stereocenters. The van der Waals surface area contributed by atoms with Crippen LogP contribution in [0, 0.1) is 23.5 Å². The van der Waals surface area contributed by atoms with Gasteiger partial charge in [-0.25, -0.2) is 4.39 Å². The number of ether oxygens (including phenoxy) is 2. The van der Waals surface area contributed by atoms with Crippen LogP contribution in [-0.2, 0) is 4.74 Å². The Bertz CT molecular complexity index is 740. The predicted octanol–water partition coefficient (Wildman–Crippen LogP) is 7.02. The van der Waals surface area contributed by atoms with E-state index in [0.717, 1.165) is 12.5 Å². The summed E-state index contributed by atoms with van der Waals surface area (Å²) in [4.78, 5) is 0. The van der Waals surface area contributed by atoms with Gasteiger partial charge in [-0.15, -0.1) is 0 Å². The molecule has 0 radical (unpaired) electrons. The molecule has 2 aromatic carbocycles. The molecule has 0 N–H and O–H groups in total. The molecule has 0 aromatic heterocycles. The van der Waals surface area contributed by atoms with Crippen molar-refractivity contribution in [3.8, 4) is 16.9 Å². The Morgan fingerprint density at radius 2 is 1.59 bits per heavy atom. The molecule has 0 amide bonds. The molecule has 0 spiro atoms. The summed E-state index contributed by atoms with van der Waals surface area (Å²) in [6.45, 7) is 3.95. The fraction of sp³-hybridized carbons (Fsp3) is 0.520. The van der Waals surface area contributed by atoms with Crippen molar-refractivity contribution in [2.75, 3.05) is 19.8 Å². The van der Waals surface area contributed by atoms with E-state index in [-0.39, 0.29) is 11.3 Å². The van der Waals surface area contributed by atoms with Gasteiger partial charge in [0.15, 0.2) is 11.6 Å². The number of hydrogen-bond acceptors (Lipinski definition) is 2. The molecule has 0 saturated heterocycles. The van der Waals surface area contributed by atoms with E-state index in [2.05, 4.69) is 6.92 Å². The molecule has 2 aromatic rings. The number of benzene rings is 2. The summed E-state index contributed by atoms with van der Waals surface area (Å²) in [7, 11) is 0. The maximum Gasteiger partial charge on any atom is 0.201 e. The number of halogens is 2. The van der Waals surface area contributed by atoms with Gasteiger partial charge in [-0.2, -0.15) is 4.39 Å². The van der Waals surface area contributed by atoms with Gasteiger partial charge in [-0.3, -0.25) is 0 Å². The van der Waals surface area contributed by atoms with Crippen LogP contribution < -0.4 is 4.74 Å². The van der Waals surface area contributed by atoms with Crippen molar-refractivity contribution >= 4 is 0 Å². The van der Waals surface area contributed by atoms with E-state index < -0.39 is 11.6 Å². The van der Waals surface area contributed by atoms with E-state index >= 15 is 0 Å². The molecule has 3 rings (SSSR count). The third-order valence-corrected chi connectivity index (χ3v) is 5.84. The molecule has 0 heterocycles. The molecular formula is C25H32F2O2. The second kappa shape index (κ2) is 11.3. The highest BCUT2D eigenvalue weighted by Gasteiger charge is 2.20. The van der Waals surface area contributed by atoms with Crippen LogP contribution in [0.3, 0.4) is 0 Å². The number of rotatable bonds is 10. The van der Waals surface area contributed by atoms with Crippen LogP contribution in [0.2, 0.25) is 0 Å². The first-order valence-electron chi connectivity index (χ1n) is 10.9. The van der Waals surface area contributed by atoms with Gasteiger partial charge in [0.05, 0.1) is 6.61 Å². The van der Waals surface area contributed by atoms with Crippen molar-refractivity contribution in [2.24, 2.45) is 11.8 Å². The smallest absolute Gasteiger partial charge is 0.201 e. The molecule has 1 aliphatic rings. The van der Waals surface area contributed by atoms with Gasteiger partial charge < -0.3 is 9.47 Å². The minimum atomic E-state index is -0.934. The lowest BCUT2D eigenvalue weighted by molar-refractivity contribution is 0.0690. The highest BCUT2D eigenvalue weighted by Crippen LogP contribution is 2.32. The van der Waals surface area contributed by atoms with E-state index in [1.165, 1.54) is 44.6 Å². The van der Waals surface area contributed by atoms with Gasteiger partial charge in [-0.1, -0.05) is 62.9 Å². The van der Waals surface area contributed by atoms with Crippen molar-refractivity contribution in [1.29, 1.82) is 0 Å². The lowest BCUT2D eigenvalue weighted by atomic mass is 9.80. The summed E-state index contributed by atoms with van der Waals surface area (Å²) in [5, 5.41) is 0. The molecule has 158 valence electrons. The minimum Gasteiger partial charge on any atom is -0.490 e. The van der Waals surface area contributed by atoms with E-state index in [4.69, 9.17) is 9.47 Å². The molecule has 0 unspecified atom stereocenters. The molecular weight excluding hydrogens is 370 g/mol. The van der Waals surface area contributed by atoms with Crippen LogP contribution in [-0.4, -0.2) is 19.8 Å². The van der Waals surface area contributed by atoms with Crippen LogP contribution in [0.5, 0.6) is 5.75 Å². The lowest BCUT2D eigenvalue weighted by Gasteiger charge is -2.28. The van der Waals surface area contributed by atoms with Crippen molar-refractivity contribution in [3.05, 3.63) is 54.1 Å². The van der Waals surface area contributed by atoms with Crippen molar-refractivity contribution in [1.82, 2.24) is 0 Å². The second-order valence-electron chi connectivity index (χ2n) is 8.06. The highest BCUT2D eigenvalue weighted by atomic mass is 19.2. The molecule has 0 bridgehead atoms. The van der Waals surface area contributed by atoms with Crippen molar-refractivity contribution in [3.63, 3.8) is 0 Å². The molecule has 1 fully saturated rings. The topological polar surface area (TPSA) is 18.5 Å². The Balaban J connectivity index is 1.36. The first kappa shape index (κ1) is 21.8. The third kappa shape index (κ3) is 6.27. The van der Waals surface area contributed by atoms with Crippen LogP contribution in [0.25, 0.3) is 11.1 Å². The zero-order chi connectivity index (χ0) is 20.5. The van der Waals surface area contributed by atoms with Gasteiger partial charge >= 0.3 is 0 Å². The third-order valence-electron chi connectivity index (χ3n) is 5.84. The van der Waals surface area contributed by atoms with E-state index in [0.29, 0.717) is 31.1 Å². The Morgan fingerprint density at radius 3 is 2.31 bits per heavy atom. The fourth-order valence-corrected chi connectivity index (χ4v) is 4.17. The summed E-state index contributed by atoms with van der Waals surface area (Å²) < 4.78 is 39.9. The molecule has 0 aliphatic heterocycles. The predicted molar refractivity (Wildman–Crippen MR) is 113 cm³/mol. The van der Waals surface area contributed by atoms with Crippen molar-refractivity contribution < 1.29 is 18.3 Å². The normalized spacial score (nSPS) is 19.3. The Hall–Kier alpha value is -1.94. The SMILES string of the molecule is CCC[C@H]1CC[C@H](COCCCOc2ccc(-c3ccccc3)c(F)c2F)CC1. The van der Waals surface area contributed by atoms with E-state index in [1.807, 2.05) is 6.07 Å². The molecule has 1 aliphatic carbocycles. The summed E-state index contributed by atoms with van der Waals surface area (Å²) in [6, 6.07) is 12.0. The first-order chi connectivity index (χ1) is 14.2. The molecule has 1 saturated carbocycles. The second-order valence-corrected chi connectivity index (χ2v) is 8.06. The monoisotopic (exact) mass is 402 g/mol. The standard InChI is InChI=1S/C25H32F2O2/c1-2-7-19-10-12-20(13-11-19)18-28-16-6-17-29-23-15-14-22(24(26)25(23)27)21-8-4-3-5-9-21/h3-5,8-9,14-15,19-20H,2,6-7,10-13,16-18H2,1H3/t19-,20-. The van der Waals surface area contributed by atoms with Gasteiger partial charge in [-0.05, 0) is 42.4 Å². The van der Waals surface area contributed by atoms with Crippen LogP contribution >= 0.6 is 0 Å². The Morgan fingerprint density at radius 1 is 0.862 bits per heavy atom. The first-order valence-corrected chi connectivity index (χ1v) is 10.9. The lowest BCUT2D eigenvalue weighted by Crippen LogP contribution is -2.19. The maximum atomic E-state index is 14.4. The summed E-state index contributed by atoms with van der Waals surface area (Å²) in [5.41, 5.74) is 0.889. The maximum absolute atomic E-state index is 14.4.